The number of para-hydroxylation sites is 3. The molecular weight excluding hydrogens is 643 g/mol. The highest BCUT2D eigenvalue weighted by atomic mass is 32.1. The van der Waals surface area contributed by atoms with Crippen LogP contribution < -0.4 is 0 Å². The highest BCUT2D eigenvalue weighted by Crippen LogP contribution is 2.38. The Morgan fingerprint density at radius 1 is 0.353 bits per heavy atom. The van der Waals surface area contributed by atoms with E-state index in [-0.39, 0.29) is 0 Å². The Morgan fingerprint density at radius 3 is 1.63 bits per heavy atom. The molecule has 0 spiro atoms. The zero-order chi connectivity index (χ0) is 33.5. The maximum atomic E-state index is 5.23. The van der Waals surface area contributed by atoms with Crippen molar-refractivity contribution < 1.29 is 0 Å². The first kappa shape index (κ1) is 28.2. The third-order valence-electron chi connectivity index (χ3n) is 9.99. The topological polar surface area (TPSA) is 48.5 Å². The van der Waals surface area contributed by atoms with Gasteiger partial charge in [0.25, 0.3) is 0 Å². The summed E-state index contributed by atoms with van der Waals surface area (Å²) in [4.78, 5) is 15.5. The maximum absolute atomic E-state index is 5.23. The van der Waals surface area contributed by atoms with Gasteiger partial charge in [0.1, 0.15) is 0 Å². The molecule has 0 aliphatic rings. The molecule has 51 heavy (non-hydrogen) atoms. The van der Waals surface area contributed by atoms with Crippen molar-refractivity contribution in [3.63, 3.8) is 0 Å². The van der Waals surface area contributed by atoms with Crippen molar-refractivity contribution in [1.82, 2.24) is 24.1 Å². The molecule has 0 aliphatic carbocycles. The quantitative estimate of drug-likeness (QED) is 0.187. The molecule has 0 radical (unpaired) electrons. The van der Waals surface area contributed by atoms with Crippen molar-refractivity contribution in [2.75, 3.05) is 0 Å². The Kier molecular flexibility index (Phi) is 6.05. The van der Waals surface area contributed by atoms with Gasteiger partial charge in [0.2, 0.25) is 5.95 Å². The maximum Gasteiger partial charge on any atom is 0.238 e. The molecule has 0 saturated carbocycles. The van der Waals surface area contributed by atoms with E-state index in [1.54, 1.807) is 11.3 Å². The molecule has 0 saturated heterocycles. The molecule has 4 aromatic heterocycles. The van der Waals surface area contributed by atoms with Crippen LogP contribution >= 0.6 is 11.3 Å². The number of nitrogens with zero attached hydrogens (tertiary/aromatic N) is 5. The van der Waals surface area contributed by atoms with Crippen LogP contribution in [0.3, 0.4) is 0 Å². The zero-order valence-corrected chi connectivity index (χ0v) is 28.0. The first-order valence-corrected chi connectivity index (χ1v) is 17.9. The van der Waals surface area contributed by atoms with Crippen LogP contribution in [0.4, 0.5) is 0 Å². The van der Waals surface area contributed by atoms with Crippen molar-refractivity contribution in [1.29, 1.82) is 0 Å². The van der Waals surface area contributed by atoms with Gasteiger partial charge in [0, 0.05) is 58.5 Å². The average molecular weight is 670 g/mol. The van der Waals surface area contributed by atoms with Gasteiger partial charge in [-0.05, 0) is 48.5 Å². The molecule has 0 N–H and O–H groups in total. The van der Waals surface area contributed by atoms with Crippen LogP contribution in [0.15, 0.2) is 164 Å². The summed E-state index contributed by atoms with van der Waals surface area (Å²) in [5.41, 5.74) is 7.48. The second kappa shape index (κ2) is 10.9. The number of hydrogen-bond donors (Lipinski definition) is 0. The standard InChI is InChI=1S/C45H27N5S/c1-2-12-28(13-3-1)43-46-44(29-22-24-35-34-17-7-11-21-41(34)51-42(35)26-29)48-45(47-43)50-39-20-10-6-16-33(39)36-27-30(23-25-40(36)50)49-37-18-8-4-14-31(37)32-15-5-9-19-38(32)49/h1-27H. The van der Waals surface area contributed by atoms with Crippen molar-refractivity contribution in [3.05, 3.63) is 164 Å². The number of benzene rings is 7. The molecule has 238 valence electrons. The fourth-order valence-corrected chi connectivity index (χ4v) is 8.84. The van der Waals surface area contributed by atoms with Gasteiger partial charge in [-0.15, -0.1) is 11.3 Å². The largest absolute Gasteiger partial charge is 0.309 e. The Bertz CT molecular complexity index is 3100. The summed E-state index contributed by atoms with van der Waals surface area (Å²) in [7, 11) is 0. The lowest BCUT2D eigenvalue weighted by Crippen LogP contribution is -2.06. The van der Waals surface area contributed by atoms with E-state index in [9.17, 15) is 0 Å². The molecule has 0 fully saturated rings. The van der Waals surface area contributed by atoms with E-state index in [0.29, 0.717) is 17.6 Å². The number of fused-ring (bicyclic) bond motifs is 9. The number of rotatable bonds is 4. The molecular formula is C45H27N5S. The van der Waals surface area contributed by atoms with E-state index in [0.717, 1.165) is 38.6 Å². The normalized spacial score (nSPS) is 11.9. The van der Waals surface area contributed by atoms with Crippen LogP contribution in [0.5, 0.6) is 0 Å². The molecule has 0 bridgehead atoms. The second-order valence-electron chi connectivity index (χ2n) is 12.9. The monoisotopic (exact) mass is 669 g/mol. The highest BCUT2D eigenvalue weighted by molar-refractivity contribution is 7.25. The van der Waals surface area contributed by atoms with Crippen LogP contribution in [0, 0.1) is 0 Å². The summed E-state index contributed by atoms with van der Waals surface area (Å²) in [6.07, 6.45) is 0. The number of aromatic nitrogens is 5. The smallest absolute Gasteiger partial charge is 0.238 e. The van der Waals surface area contributed by atoms with Gasteiger partial charge in [-0.3, -0.25) is 4.57 Å². The van der Waals surface area contributed by atoms with Crippen molar-refractivity contribution >= 4 is 75.1 Å². The van der Waals surface area contributed by atoms with E-state index >= 15 is 0 Å². The van der Waals surface area contributed by atoms with E-state index < -0.39 is 0 Å². The first-order chi connectivity index (χ1) is 25.3. The average Bonchev–Trinajstić information content (AvgIpc) is 3.85. The van der Waals surface area contributed by atoms with Gasteiger partial charge in [0.05, 0.1) is 22.1 Å². The van der Waals surface area contributed by atoms with Gasteiger partial charge in [-0.2, -0.15) is 9.97 Å². The molecule has 4 heterocycles. The Hall–Kier alpha value is -6.63. The van der Waals surface area contributed by atoms with Crippen LogP contribution in [-0.2, 0) is 0 Å². The Morgan fingerprint density at radius 2 is 0.902 bits per heavy atom. The lowest BCUT2D eigenvalue weighted by molar-refractivity contribution is 0.953. The molecule has 6 heteroatoms. The molecule has 11 rings (SSSR count). The Labute approximate surface area is 296 Å². The van der Waals surface area contributed by atoms with Gasteiger partial charge < -0.3 is 4.57 Å². The summed E-state index contributed by atoms with van der Waals surface area (Å²) in [5.74, 6) is 1.87. The predicted octanol–water partition coefficient (Wildman–Crippen LogP) is 11.8. The number of thiophene rings is 1. The minimum Gasteiger partial charge on any atom is -0.309 e. The second-order valence-corrected chi connectivity index (χ2v) is 14.0. The van der Waals surface area contributed by atoms with Gasteiger partial charge >= 0.3 is 0 Å². The van der Waals surface area contributed by atoms with Gasteiger partial charge in [-0.25, -0.2) is 4.98 Å². The van der Waals surface area contributed by atoms with Crippen molar-refractivity contribution in [2.24, 2.45) is 0 Å². The summed E-state index contributed by atoms with van der Waals surface area (Å²) >= 11 is 1.80. The molecule has 7 aromatic carbocycles. The fourth-order valence-electron chi connectivity index (χ4n) is 7.69. The third-order valence-corrected chi connectivity index (χ3v) is 11.1. The van der Waals surface area contributed by atoms with Crippen LogP contribution in [0.2, 0.25) is 0 Å². The summed E-state index contributed by atoms with van der Waals surface area (Å²) in [5, 5.41) is 7.30. The third kappa shape index (κ3) is 4.30. The summed E-state index contributed by atoms with van der Waals surface area (Å²) in [6, 6.07) is 57.9. The first-order valence-electron chi connectivity index (χ1n) is 17.0. The lowest BCUT2D eigenvalue weighted by atomic mass is 10.1. The lowest BCUT2D eigenvalue weighted by Gasteiger charge is -2.12. The highest BCUT2D eigenvalue weighted by Gasteiger charge is 2.20. The Balaban J connectivity index is 1.16. The molecule has 0 amide bonds. The molecule has 0 aliphatic heterocycles. The molecule has 11 aromatic rings. The number of hydrogen-bond acceptors (Lipinski definition) is 4. The minimum absolute atomic E-state index is 0.589. The van der Waals surface area contributed by atoms with Crippen LogP contribution in [0.1, 0.15) is 0 Å². The van der Waals surface area contributed by atoms with E-state index in [1.807, 2.05) is 18.2 Å². The van der Waals surface area contributed by atoms with Gasteiger partial charge in [0.15, 0.2) is 11.6 Å². The summed E-state index contributed by atoms with van der Waals surface area (Å²) in [6.45, 7) is 0. The van der Waals surface area contributed by atoms with E-state index in [2.05, 4.69) is 155 Å². The van der Waals surface area contributed by atoms with Crippen molar-refractivity contribution in [2.45, 2.75) is 0 Å². The molecule has 5 nitrogen and oxygen atoms in total. The van der Waals surface area contributed by atoms with Gasteiger partial charge in [-0.1, -0.05) is 115 Å². The van der Waals surface area contributed by atoms with Crippen molar-refractivity contribution in [3.8, 4) is 34.4 Å². The SMILES string of the molecule is c1ccc(-c2nc(-c3ccc4c(c3)sc3ccccc34)nc(-n3c4ccccc4c4cc(-n5c6ccccc6c6ccccc65)ccc43)n2)cc1. The fraction of sp³-hybridized carbons (Fsp3) is 0. The van der Waals surface area contributed by atoms with E-state index in [4.69, 9.17) is 15.0 Å². The zero-order valence-electron chi connectivity index (χ0n) is 27.2. The van der Waals surface area contributed by atoms with Crippen LogP contribution in [0.25, 0.3) is 98.2 Å². The molecule has 0 unspecified atom stereocenters. The minimum atomic E-state index is 0.589. The summed E-state index contributed by atoms with van der Waals surface area (Å²) < 4.78 is 7.05. The van der Waals surface area contributed by atoms with E-state index in [1.165, 1.54) is 42.0 Å². The predicted molar refractivity (Wildman–Crippen MR) is 212 cm³/mol. The molecule has 0 atom stereocenters. The van der Waals surface area contributed by atoms with Crippen LogP contribution in [-0.4, -0.2) is 24.1 Å².